The Hall–Kier alpha value is -1.28. The number of hydrogen-bond donors (Lipinski definition) is 2. The zero-order valence-corrected chi connectivity index (χ0v) is 10.9. The summed E-state index contributed by atoms with van der Waals surface area (Å²) in [6.07, 6.45) is 5.52. The van der Waals surface area contributed by atoms with E-state index in [2.05, 4.69) is 20.4 Å². The van der Waals surface area contributed by atoms with E-state index in [4.69, 9.17) is 10.8 Å². The van der Waals surface area contributed by atoms with Crippen LogP contribution in [0.2, 0.25) is 0 Å². The molecule has 2 nitrogen and oxygen atoms in total. The summed E-state index contributed by atoms with van der Waals surface area (Å²) in [5.74, 6) is 0. The molecule has 0 bridgehead atoms. The molecule has 0 radical (unpaired) electrons. The minimum Gasteiger partial charge on any atom is -0.398 e. The van der Waals surface area contributed by atoms with E-state index in [9.17, 15) is 0 Å². The molecule has 1 aromatic carbocycles. The van der Waals surface area contributed by atoms with E-state index >= 15 is 0 Å². The van der Waals surface area contributed by atoms with Crippen LogP contribution in [0.3, 0.4) is 0 Å². The molecule has 2 heteroatoms. The SMILES string of the molecule is C=Cc1c(N)cc(CCCO)c(CC)c1CC. The van der Waals surface area contributed by atoms with Gasteiger partial charge in [-0.3, -0.25) is 0 Å². The van der Waals surface area contributed by atoms with Crippen molar-refractivity contribution >= 4 is 11.8 Å². The first-order valence-electron chi connectivity index (χ1n) is 6.35. The molecule has 0 aromatic heterocycles. The molecule has 94 valence electrons. The number of nitrogen functional groups attached to an aromatic ring is 1. The zero-order chi connectivity index (χ0) is 12.8. The number of anilines is 1. The summed E-state index contributed by atoms with van der Waals surface area (Å²) in [6.45, 7) is 8.39. The Morgan fingerprint density at radius 1 is 1.29 bits per heavy atom. The van der Waals surface area contributed by atoms with E-state index in [-0.39, 0.29) is 6.61 Å². The Labute approximate surface area is 104 Å². The topological polar surface area (TPSA) is 46.2 Å². The molecular formula is C15H23NO. The van der Waals surface area contributed by atoms with Crippen molar-refractivity contribution < 1.29 is 5.11 Å². The van der Waals surface area contributed by atoms with Gasteiger partial charge in [0.05, 0.1) is 0 Å². The lowest BCUT2D eigenvalue weighted by Gasteiger charge is -2.17. The molecule has 0 unspecified atom stereocenters. The van der Waals surface area contributed by atoms with Crippen LogP contribution in [-0.4, -0.2) is 11.7 Å². The van der Waals surface area contributed by atoms with Crippen LogP contribution in [0.4, 0.5) is 5.69 Å². The number of rotatable bonds is 6. The number of aryl methyl sites for hydroxylation is 1. The van der Waals surface area contributed by atoms with Gasteiger partial charge in [-0.15, -0.1) is 0 Å². The number of aliphatic hydroxyl groups is 1. The van der Waals surface area contributed by atoms with Gasteiger partial charge in [0.25, 0.3) is 0 Å². The second-order valence-corrected chi connectivity index (χ2v) is 4.23. The van der Waals surface area contributed by atoms with Crippen LogP contribution in [0.1, 0.15) is 42.5 Å². The van der Waals surface area contributed by atoms with Gasteiger partial charge in [0.2, 0.25) is 0 Å². The van der Waals surface area contributed by atoms with Crippen molar-refractivity contribution in [2.24, 2.45) is 0 Å². The van der Waals surface area contributed by atoms with Crippen LogP contribution in [0, 0.1) is 0 Å². The Morgan fingerprint density at radius 3 is 2.41 bits per heavy atom. The van der Waals surface area contributed by atoms with Crippen molar-refractivity contribution in [3.05, 3.63) is 34.9 Å². The first-order valence-corrected chi connectivity index (χ1v) is 6.35. The van der Waals surface area contributed by atoms with Crippen LogP contribution in [0.25, 0.3) is 6.08 Å². The van der Waals surface area contributed by atoms with Gasteiger partial charge in [0.15, 0.2) is 0 Å². The predicted octanol–water partition coefficient (Wildman–Crippen LogP) is 2.96. The summed E-state index contributed by atoms with van der Waals surface area (Å²) < 4.78 is 0. The molecule has 0 fully saturated rings. The van der Waals surface area contributed by atoms with Crippen molar-refractivity contribution in [2.75, 3.05) is 12.3 Å². The summed E-state index contributed by atoms with van der Waals surface area (Å²) in [4.78, 5) is 0. The third kappa shape index (κ3) is 2.89. The molecule has 17 heavy (non-hydrogen) atoms. The summed E-state index contributed by atoms with van der Waals surface area (Å²) >= 11 is 0. The summed E-state index contributed by atoms with van der Waals surface area (Å²) in [6, 6.07) is 2.05. The highest BCUT2D eigenvalue weighted by Crippen LogP contribution is 2.28. The molecule has 0 aliphatic heterocycles. The fourth-order valence-corrected chi connectivity index (χ4v) is 2.46. The molecule has 1 aromatic rings. The van der Waals surface area contributed by atoms with E-state index in [0.29, 0.717) is 0 Å². The van der Waals surface area contributed by atoms with E-state index in [1.165, 1.54) is 16.7 Å². The molecule has 0 aliphatic rings. The van der Waals surface area contributed by atoms with Crippen molar-refractivity contribution in [3.63, 3.8) is 0 Å². The Balaban J connectivity index is 3.31. The van der Waals surface area contributed by atoms with Crippen molar-refractivity contribution in [1.82, 2.24) is 0 Å². The van der Waals surface area contributed by atoms with Crippen LogP contribution >= 0.6 is 0 Å². The number of benzene rings is 1. The normalized spacial score (nSPS) is 10.5. The first kappa shape index (κ1) is 13.8. The van der Waals surface area contributed by atoms with E-state index in [0.717, 1.165) is 36.9 Å². The summed E-state index contributed by atoms with van der Waals surface area (Å²) in [5, 5.41) is 8.94. The van der Waals surface area contributed by atoms with Gasteiger partial charge in [0, 0.05) is 17.9 Å². The van der Waals surface area contributed by atoms with Crippen molar-refractivity contribution in [1.29, 1.82) is 0 Å². The predicted molar refractivity (Wildman–Crippen MR) is 75.1 cm³/mol. The van der Waals surface area contributed by atoms with Crippen LogP contribution < -0.4 is 5.73 Å². The monoisotopic (exact) mass is 233 g/mol. The molecule has 1 rings (SSSR count). The van der Waals surface area contributed by atoms with Gasteiger partial charge in [0.1, 0.15) is 0 Å². The highest BCUT2D eigenvalue weighted by molar-refractivity contribution is 5.70. The van der Waals surface area contributed by atoms with E-state index < -0.39 is 0 Å². The summed E-state index contributed by atoms with van der Waals surface area (Å²) in [5.41, 5.74) is 11.9. The lowest BCUT2D eigenvalue weighted by atomic mass is 9.89. The van der Waals surface area contributed by atoms with Crippen molar-refractivity contribution in [2.45, 2.75) is 39.5 Å². The maximum absolute atomic E-state index is 8.94. The minimum atomic E-state index is 0.230. The van der Waals surface area contributed by atoms with Gasteiger partial charge in [-0.1, -0.05) is 26.5 Å². The molecule has 0 heterocycles. The third-order valence-corrected chi connectivity index (χ3v) is 3.23. The average Bonchev–Trinajstić information content (AvgIpc) is 2.35. The van der Waals surface area contributed by atoms with Crippen molar-refractivity contribution in [3.8, 4) is 0 Å². The fourth-order valence-electron chi connectivity index (χ4n) is 2.46. The highest BCUT2D eigenvalue weighted by atomic mass is 16.2. The fraction of sp³-hybridized carbons (Fsp3) is 0.467. The molecule has 0 atom stereocenters. The maximum Gasteiger partial charge on any atom is 0.0434 e. The highest BCUT2D eigenvalue weighted by Gasteiger charge is 2.12. The largest absolute Gasteiger partial charge is 0.398 e. The maximum atomic E-state index is 8.94. The Morgan fingerprint density at radius 2 is 1.94 bits per heavy atom. The van der Waals surface area contributed by atoms with Crippen LogP contribution in [0.5, 0.6) is 0 Å². The molecule has 3 N–H and O–H groups in total. The average molecular weight is 233 g/mol. The standard InChI is InChI=1S/C15H23NO/c1-4-12-11(8-7-9-17)10-15(16)14(6-3)13(12)5-2/h6,10,17H,3-5,7-9,16H2,1-2H3. The molecule has 0 spiro atoms. The zero-order valence-electron chi connectivity index (χ0n) is 10.9. The number of nitrogens with two attached hydrogens (primary N) is 1. The Bertz CT molecular complexity index is 396. The number of aliphatic hydroxyl groups excluding tert-OH is 1. The molecule has 0 amide bonds. The minimum absolute atomic E-state index is 0.230. The lowest BCUT2D eigenvalue weighted by molar-refractivity contribution is 0.288. The van der Waals surface area contributed by atoms with E-state index in [1.807, 2.05) is 12.1 Å². The Kier molecular flexibility index (Phi) is 5.23. The van der Waals surface area contributed by atoms with Gasteiger partial charge in [-0.2, -0.15) is 0 Å². The second kappa shape index (κ2) is 6.45. The third-order valence-electron chi connectivity index (χ3n) is 3.23. The smallest absolute Gasteiger partial charge is 0.0434 e. The number of hydrogen-bond acceptors (Lipinski definition) is 2. The van der Waals surface area contributed by atoms with Gasteiger partial charge in [-0.05, 0) is 48.4 Å². The molecular weight excluding hydrogens is 210 g/mol. The molecule has 0 aliphatic carbocycles. The van der Waals surface area contributed by atoms with Crippen LogP contribution in [-0.2, 0) is 19.3 Å². The lowest BCUT2D eigenvalue weighted by Crippen LogP contribution is -2.05. The van der Waals surface area contributed by atoms with E-state index in [1.54, 1.807) is 0 Å². The van der Waals surface area contributed by atoms with Gasteiger partial charge < -0.3 is 10.8 Å². The quantitative estimate of drug-likeness (QED) is 0.742. The molecule has 0 saturated carbocycles. The van der Waals surface area contributed by atoms with Gasteiger partial charge >= 0.3 is 0 Å². The van der Waals surface area contributed by atoms with Gasteiger partial charge in [-0.25, -0.2) is 0 Å². The first-order chi connectivity index (χ1) is 8.19. The summed E-state index contributed by atoms with van der Waals surface area (Å²) in [7, 11) is 0. The van der Waals surface area contributed by atoms with Crippen LogP contribution in [0.15, 0.2) is 12.6 Å². The second-order valence-electron chi connectivity index (χ2n) is 4.23. The molecule has 0 saturated heterocycles.